The molecule has 0 fully saturated rings. The second-order valence-electron chi connectivity index (χ2n) is 8.31. The van der Waals surface area contributed by atoms with E-state index < -0.39 is 23.8 Å². The zero-order valence-electron chi connectivity index (χ0n) is 20.1. The molecule has 0 aliphatic heterocycles. The van der Waals surface area contributed by atoms with Crippen molar-refractivity contribution in [3.63, 3.8) is 0 Å². The van der Waals surface area contributed by atoms with Crippen molar-refractivity contribution in [1.29, 1.82) is 0 Å². The number of nitrogens with zero attached hydrogens (tertiary/aromatic N) is 3. The Morgan fingerprint density at radius 1 is 1.14 bits per heavy atom. The second-order valence-corrected chi connectivity index (χ2v) is 9.66. The second kappa shape index (κ2) is 11.9. The SMILES string of the molecule is COc1cccc(OC(C)c2nnc(SCC(=O)Nc3cc(C(F)(F)F)ccc3Cl)n2CC(C)C)c1. The molecule has 0 saturated heterocycles. The Hall–Kier alpha value is -2.92. The molecule has 3 rings (SSSR count). The maximum Gasteiger partial charge on any atom is 0.416 e. The van der Waals surface area contributed by atoms with E-state index in [0.29, 0.717) is 29.0 Å². The number of hydrogen-bond donors (Lipinski definition) is 1. The first-order chi connectivity index (χ1) is 17.0. The third-order valence-electron chi connectivity index (χ3n) is 4.91. The van der Waals surface area contributed by atoms with Crippen LogP contribution in [-0.2, 0) is 17.5 Å². The molecule has 7 nitrogen and oxygen atoms in total. The minimum absolute atomic E-state index is 0.00938. The molecule has 0 bridgehead atoms. The Morgan fingerprint density at radius 2 is 1.86 bits per heavy atom. The van der Waals surface area contributed by atoms with E-state index in [1.807, 2.05) is 37.5 Å². The molecule has 3 aromatic rings. The predicted molar refractivity (Wildman–Crippen MR) is 133 cm³/mol. The number of halogens is 4. The molecular weight excluding hydrogens is 517 g/mol. The lowest BCUT2D eigenvalue weighted by Crippen LogP contribution is -2.17. The van der Waals surface area contributed by atoms with Crippen LogP contribution in [0.25, 0.3) is 0 Å². The molecule has 1 amide bonds. The number of nitrogens with one attached hydrogen (secondary N) is 1. The number of amides is 1. The van der Waals surface area contributed by atoms with Crippen LogP contribution in [0.2, 0.25) is 5.02 Å². The smallest absolute Gasteiger partial charge is 0.416 e. The van der Waals surface area contributed by atoms with Crippen LogP contribution in [0.5, 0.6) is 11.5 Å². The predicted octanol–water partition coefficient (Wildman–Crippen LogP) is 6.49. The van der Waals surface area contributed by atoms with E-state index in [1.165, 1.54) is 0 Å². The van der Waals surface area contributed by atoms with Crippen molar-refractivity contribution >= 4 is 35.0 Å². The fourth-order valence-corrected chi connectivity index (χ4v) is 4.21. The number of thioether (sulfide) groups is 1. The summed E-state index contributed by atoms with van der Waals surface area (Å²) in [6.45, 7) is 6.50. The molecule has 0 saturated carbocycles. The van der Waals surface area contributed by atoms with Crippen LogP contribution in [0.1, 0.15) is 38.3 Å². The van der Waals surface area contributed by atoms with Gasteiger partial charge in [-0.25, -0.2) is 0 Å². The van der Waals surface area contributed by atoms with Gasteiger partial charge in [-0.3, -0.25) is 4.79 Å². The zero-order chi connectivity index (χ0) is 26.5. The summed E-state index contributed by atoms with van der Waals surface area (Å²) in [4.78, 5) is 12.5. The van der Waals surface area contributed by atoms with E-state index in [1.54, 1.807) is 19.2 Å². The summed E-state index contributed by atoms with van der Waals surface area (Å²) in [5.41, 5.74) is -1.01. The highest BCUT2D eigenvalue weighted by Gasteiger charge is 2.31. The third kappa shape index (κ3) is 7.30. The van der Waals surface area contributed by atoms with Crippen LogP contribution < -0.4 is 14.8 Å². The quantitative estimate of drug-likeness (QED) is 0.295. The van der Waals surface area contributed by atoms with Crippen molar-refractivity contribution in [1.82, 2.24) is 14.8 Å². The van der Waals surface area contributed by atoms with Crippen LogP contribution in [0.15, 0.2) is 47.6 Å². The van der Waals surface area contributed by atoms with Crippen molar-refractivity contribution in [3.05, 3.63) is 58.9 Å². The molecule has 1 aromatic heterocycles. The minimum Gasteiger partial charge on any atom is -0.497 e. The Morgan fingerprint density at radius 3 is 2.53 bits per heavy atom. The number of aromatic nitrogens is 3. The average molecular weight is 543 g/mol. The van der Waals surface area contributed by atoms with Gasteiger partial charge in [0.25, 0.3) is 0 Å². The van der Waals surface area contributed by atoms with Crippen molar-refractivity contribution in [3.8, 4) is 11.5 Å². The van der Waals surface area contributed by atoms with Crippen LogP contribution in [0, 0.1) is 5.92 Å². The molecule has 0 radical (unpaired) electrons. The lowest BCUT2D eigenvalue weighted by atomic mass is 10.2. The van der Waals surface area contributed by atoms with Gasteiger partial charge < -0.3 is 19.4 Å². The van der Waals surface area contributed by atoms with Gasteiger partial charge in [0, 0.05) is 12.6 Å². The molecule has 2 aromatic carbocycles. The van der Waals surface area contributed by atoms with E-state index >= 15 is 0 Å². The number of alkyl halides is 3. The van der Waals surface area contributed by atoms with Gasteiger partial charge in [0.05, 0.1) is 29.1 Å². The standard InChI is InChI=1S/C24H26ClF3N4O3S/c1-14(2)12-32-22(15(3)35-18-7-5-6-17(11-18)34-4)30-31-23(32)36-13-21(33)29-20-10-16(24(26,27)28)8-9-19(20)25/h5-11,14-15H,12-13H2,1-4H3,(H,29,33). The Balaban J connectivity index is 1.72. The molecule has 1 N–H and O–H groups in total. The molecule has 0 aliphatic rings. The Labute approximate surface area is 216 Å². The van der Waals surface area contributed by atoms with Gasteiger partial charge in [0.2, 0.25) is 5.91 Å². The summed E-state index contributed by atoms with van der Waals surface area (Å²) in [6.07, 6.45) is -5.00. The molecule has 0 aliphatic carbocycles. The van der Waals surface area contributed by atoms with Gasteiger partial charge in [0.1, 0.15) is 11.5 Å². The molecule has 0 spiro atoms. The van der Waals surface area contributed by atoms with Crippen LogP contribution >= 0.6 is 23.4 Å². The molecule has 1 atom stereocenters. The number of methoxy groups -OCH3 is 1. The largest absolute Gasteiger partial charge is 0.497 e. The first-order valence-corrected chi connectivity index (χ1v) is 12.4. The van der Waals surface area contributed by atoms with Gasteiger partial charge in [0.15, 0.2) is 17.1 Å². The van der Waals surface area contributed by atoms with E-state index in [-0.39, 0.29) is 22.4 Å². The highest BCUT2D eigenvalue weighted by atomic mass is 35.5. The zero-order valence-corrected chi connectivity index (χ0v) is 21.7. The van der Waals surface area contributed by atoms with E-state index in [9.17, 15) is 18.0 Å². The van der Waals surface area contributed by atoms with Gasteiger partial charge in [-0.1, -0.05) is 43.3 Å². The molecule has 12 heteroatoms. The molecule has 194 valence electrons. The van der Waals surface area contributed by atoms with Gasteiger partial charge in [-0.15, -0.1) is 10.2 Å². The van der Waals surface area contributed by atoms with Crippen LogP contribution in [0.4, 0.5) is 18.9 Å². The van der Waals surface area contributed by atoms with Gasteiger partial charge in [-0.2, -0.15) is 13.2 Å². The monoisotopic (exact) mass is 542 g/mol. The topological polar surface area (TPSA) is 78.3 Å². The normalized spacial score (nSPS) is 12.5. The van der Waals surface area contributed by atoms with Crippen molar-refractivity contribution in [2.75, 3.05) is 18.2 Å². The van der Waals surface area contributed by atoms with Crippen molar-refractivity contribution in [2.45, 2.75) is 44.8 Å². The molecule has 1 unspecified atom stereocenters. The fourth-order valence-electron chi connectivity index (χ4n) is 3.29. The number of carbonyl (C=O) groups excluding carboxylic acids is 1. The summed E-state index contributed by atoms with van der Waals surface area (Å²) in [5.74, 6) is 1.46. The lowest BCUT2D eigenvalue weighted by molar-refractivity contribution is -0.137. The summed E-state index contributed by atoms with van der Waals surface area (Å²) in [5, 5.41) is 11.4. The number of rotatable bonds is 10. The maximum atomic E-state index is 13.0. The number of ether oxygens (including phenoxy) is 2. The lowest BCUT2D eigenvalue weighted by Gasteiger charge is -2.18. The average Bonchev–Trinajstić information content (AvgIpc) is 3.20. The van der Waals surface area contributed by atoms with Crippen LogP contribution in [-0.4, -0.2) is 33.5 Å². The Bertz CT molecular complexity index is 1200. The summed E-state index contributed by atoms with van der Waals surface area (Å²) >= 11 is 7.10. The van der Waals surface area contributed by atoms with E-state index in [0.717, 1.165) is 30.0 Å². The number of carbonyl (C=O) groups is 1. The van der Waals surface area contributed by atoms with Gasteiger partial charge >= 0.3 is 6.18 Å². The summed E-state index contributed by atoms with van der Waals surface area (Å²) < 4.78 is 52.2. The molecule has 1 heterocycles. The first-order valence-electron chi connectivity index (χ1n) is 11.0. The van der Waals surface area contributed by atoms with Crippen molar-refractivity contribution in [2.24, 2.45) is 5.92 Å². The van der Waals surface area contributed by atoms with Crippen molar-refractivity contribution < 1.29 is 27.4 Å². The van der Waals surface area contributed by atoms with Gasteiger partial charge in [-0.05, 0) is 43.2 Å². The maximum absolute atomic E-state index is 13.0. The first kappa shape index (κ1) is 27.7. The number of hydrogen-bond acceptors (Lipinski definition) is 6. The van der Waals surface area contributed by atoms with Crippen LogP contribution in [0.3, 0.4) is 0 Å². The van der Waals surface area contributed by atoms with E-state index in [2.05, 4.69) is 15.5 Å². The minimum atomic E-state index is -4.55. The highest BCUT2D eigenvalue weighted by Crippen LogP contribution is 2.34. The summed E-state index contributed by atoms with van der Waals surface area (Å²) in [6, 6.07) is 9.96. The molecular formula is C24H26ClF3N4O3S. The van der Waals surface area contributed by atoms with E-state index in [4.69, 9.17) is 21.1 Å². The highest BCUT2D eigenvalue weighted by molar-refractivity contribution is 7.99. The Kier molecular flexibility index (Phi) is 9.13. The number of benzene rings is 2. The number of anilines is 1. The fraction of sp³-hybridized carbons (Fsp3) is 0.375. The summed E-state index contributed by atoms with van der Waals surface area (Å²) in [7, 11) is 1.57. The third-order valence-corrected chi connectivity index (χ3v) is 6.21. The molecule has 36 heavy (non-hydrogen) atoms.